The van der Waals surface area contributed by atoms with E-state index < -0.39 is 5.82 Å². The van der Waals surface area contributed by atoms with Crippen LogP contribution in [0.15, 0.2) is 30.1 Å². The van der Waals surface area contributed by atoms with Gasteiger partial charge in [0.25, 0.3) is 0 Å². The van der Waals surface area contributed by atoms with Gasteiger partial charge in [-0.3, -0.25) is 5.10 Å². The Hall–Kier alpha value is -2.23. The molecule has 3 N–H and O–H groups in total. The lowest BCUT2D eigenvalue weighted by molar-refractivity contribution is 0.122. The first-order chi connectivity index (χ1) is 12.2. The molecule has 0 aliphatic carbocycles. The van der Waals surface area contributed by atoms with Crippen molar-refractivity contribution in [2.75, 3.05) is 44.4 Å². The molecule has 142 valence electrons. The van der Waals surface area contributed by atoms with Gasteiger partial charge in [0, 0.05) is 31.3 Å². The molecule has 0 amide bonds. The highest BCUT2D eigenvalue weighted by Crippen LogP contribution is 2.25. The lowest BCUT2D eigenvalue weighted by Gasteiger charge is -2.25. The van der Waals surface area contributed by atoms with Crippen molar-refractivity contribution in [3.63, 3.8) is 0 Å². The van der Waals surface area contributed by atoms with E-state index in [4.69, 9.17) is 15.2 Å². The molecule has 0 spiro atoms. The highest BCUT2D eigenvalue weighted by atomic mass is 35.5. The van der Waals surface area contributed by atoms with Crippen molar-refractivity contribution in [1.29, 1.82) is 0 Å². The molecule has 2 heterocycles. The van der Waals surface area contributed by atoms with E-state index in [0.717, 1.165) is 0 Å². The Kier molecular flexibility index (Phi) is 7.31. The SMILES string of the molecule is Cl.NC/C(=C\F)COc1ccc(-c2nc(N3CCOCC3)n[nH]2)c(F)c1. The third kappa shape index (κ3) is 4.69. The van der Waals surface area contributed by atoms with Crippen molar-refractivity contribution >= 4 is 18.4 Å². The van der Waals surface area contributed by atoms with Gasteiger partial charge in [0.15, 0.2) is 5.82 Å². The van der Waals surface area contributed by atoms with Crippen LogP contribution in [0.5, 0.6) is 5.75 Å². The second-order valence-corrected chi connectivity index (χ2v) is 5.49. The van der Waals surface area contributed by atoms with Crippen LogP contribution < -0.4 is 15.4 Å². The highest BCUT2D eigenvalue weighted by molar-refractivity contribution is 5.85. The van der Waals surface area contributed by atoms with Crippen LogP contribution in [0.3, 0.4) is 0 Å². The van der Waals surface area contributed by atoms with Crippen molar-refractivity contribution in [2.24, 2.45) is 5.73 Å². The Morgan fingerprint density at radius 3 is 2.81 bits per heavy atom. The number of H-pyrrole nitrogens is 1. The summed E-state index contributed by atoms with van der Waals surface area (Å²) in [5.74, 6) is 0.609. The number of ether oxygens (including phenoxy) is 2. The van der Waals surface area contributed by atoms with E-state index in [1.807, 2.05) is 4.90 Å². The topological polar surface area (TPSA) is 89.3 Å². The maximum absolute atomic E-state index is 14.4. The fourth-order valence-electron chi connectivity index (χ4n) is 2.37. The number of aromatic amines is 1. The zero-order valence-corrected chi connectivity index (χ0v) is 14.8. The summed E-state index contributed by atoms with van der Waals surface area (Å²) in [6.07, 6.45) is 0.395. The quantitative estimate of drug-likeness (QED) is 0.788. The molecule has 0 radical (unpaired) electrons. The average Bonchev–Trinajstić information content (AvgIpc) is 3.13. The first-order valence-corrected chi connectivity index (χ1v) is 7.87. The number of hydrogen-bond acceptors (Lipinski definition) is 6. The van der Waals surface area contributed by atoms with E-state index in [9.17, 15) is 8.78 Å². The van der Waals surface area contributed by atoms with E-state index in [2.05, 4.69) is 15.2 Å². The van der Waals surface area contributed by atoms with Gasteiger partial charge >= 0.3 is 0 Å². The maximum Gasteiger partial charge on any atom is 0.245 e. The number of nitrogens with zero attached hydrogens (tertiary/aromatic N) is 3. The summed E-state index contributed by atoms with van der Waals surface area (Å²) < 4.78 is 37.4. The predicted molar refractivity (Wildman–Crippen MR) is 95.8 cm³/mol. The average molecular weight is 388 g/mol. The third-order valence-electron chi connectivity index (χ3n) is 3.80. The van der Waals surface area contributed by atoms with Gasteiger partial charge in [-0.05, 0) is 12.1 Å². The minimum atomic E-state index is -0.513. The molecule has 0 atom stereocenters. The van der Waals surface area contributed by atoms with E-state index in [1.54, 1.807) is 6.07 Å². The molecule has 0 bridgehead atoms. The number of nitrogens with one attached hydrogen (secondary N) is 1. The predicted octanol–water partition coefficient (Wildman–Crippen LogP) is 2.06. The van der Waals surface area contributed by atoms with Gasteiger partial charge in [0.05, 0.1) is 25.1 Å². The summed E-state index contributed by atoms with van der Waals surface area (Å²) in [5.41, 5.74) is 5.91. The number of morpholine rings is 1. The van der Waals surface area contributed by atoms with Gasteiger partial charge in [-0.15, -0.1) is 17.5 Å². The summed E-state index contributed by atoms with van der Waals surface area (Å²) in [6.45, 7) is 2.62. The van der Waals surface area contributed by atoms with Crippen molar-refractivity contribution in [3.05, 3.63) is 35.9 Å². The molecule has 0 saturated carbocycles. The summed E-state index contributed by atoms with van der Waals surface area (Å²) in [5, 5.41) is 6.88. The van der Waals surface area contributed by atoms with Crippen LogP contribution in [0.1, 0.15) is 0 Å². The molecule has 2 aromatic rings. The van der Waals surface area contributed by atoms with E-state index >= 15 is 0 Å². The Bertz CT molecular complexity index is 750. The first-order valence-electron chi connectivity index (χ1n) is 7.87. The summed E-state index contributed by atoms with van der Waals surface area (Å²) >= 11 is 0. The largest absolute Gasteiger partial charge is 0.489 e. The number of aromatic nitrogens is 3. The third-order valence-corrected chi connectivity index (χ3v) is 3.80. The monoisotopic (exact) mass is 387 g/mol. The molecule has 26 heavy (non-hydrogen) atoms. The van der Waals surface area contributed by atoms with Crippen molar-refractivity contribution < 1.29 is 18.3 Å². The maximum atomic E-state index is 14.4. The van der Waals surface area contributed by atoms with Crippen LogP contribution in [0, 0.1) is 5.82 Å². The van der Waals surface area contributed by atoms with Crippen LogP contribution in [-0.4, -0.2) is 54.6 Å². The minimum absolute atomic E-state index is 0. The van der Waals surface area contributed by atoms with Crippen LogP contribution >= 0.6 is 12.4 Å². The number of halogens is 3. The number of nitrogens with two attached hydrogens (primary N) is 1. The van der Waals surface area contributed by atoms with Gasteiger partial charge in [-0.25, -0.2) is 8.78 Å². The number of hydrogen-bond donors (Lipinski definition) is 2. The molecule has 3 rings (SSSR count). The second-order valence-electron chi connectivity index (χ2n) is 5.49. The Balaban J connectivity index is 0.00000243. The smallest absolute Gasteiger partial charge is 0.245 e. The molecule has 1 aliphatic heterocycles. The molecule has 1 aliphatic rings. The number of benzene rings is 1. The van der Waals surface area contributed by atoms with E-state index in [0.29, 0.717) is 44.4 Å². The van der Waals surface area contributed by atoms with Crippen molar-refractivity contribution in [1.82, 2.24) is 15.2 Å². The standard InChI is InChI=1S/C16H19F2N5O2.ClH/c17-8-11(9-19)10-25-12-1-2-13(14(18)7-12)15-20-16(22-21-15)23-3-5-24-6-4-23;/h1-2,7-8H,3-6,9-10,19H2,(H,20,21,22);1H/b11-8+;. The summed E-state index contributed by atoms with van der Waals surface area (Å²) in [6, 6.07) is 4.34. The van der Waals surface area contributed by atoms with Crippen molar-refractivity contribution in [3.8, 4) is 17.1 Å². The van der Waals surface area contributed by atoms with E-state index in [-0.39, 0.29) is 42.4 Å². The lowest BCUT2D eigenvalue weighted by atomic mass is 10.2. The van der Waals surface area contributed by atoms with Crippen LogP contribution in [0.2, 0.25) is 0 Å². The van der Waals surface area contributed by atoms with E-state index in [1.165, 1.54) is 12.1 Å². The van der Waals surface area contributed by atoms with Crippen LogP contribution in [-0.2, 0) is 4.74 Å². The minimum Gasteiger partial charge on any atom is -0.489 e. The number of anilines is 1. The molecule has 1 saturated heterocycles. The van der Waals surface area contributed by atoms with Gasteiger partial charge in [-0.1, -0.05) is 0 Å². The zero-order chi connectivity index (χ0) is 17.6. The lowest BCUT2D eigenvalue weighted by Crippen LogP contribution is -2.36. The summed E-state index contributed by atoms with van der Waals surface area (Å²) in [4.78, 5) is 6.31. The van der Waals surface area contributed by atoms with Crippen LogP contribution in [0.25, 0.3) is 11.4 Å². The molecule has 7 nitrogen and oxygen atoms in total. The normalized spacial score (nSPS) is 14.9. The Labute approximate surface area is 155 Å². The molecular formula is C16H20ClF2N5O2. The fourth-order valence-corrected chi connectivity index (χ4v) is 2.37. The Morgan fingerprint density at radius 1 is 1.38 bits per heavy atom. The van der Waals surface area contributed by atoms with Crippen LogP contribution in [0.4, 0.5) is 14.7 Å². The van der Waals surface area contributed by atoms with Gasteiger partial charge in [-0.2, -0.15) is 4.98 Å². The molecule has 1 fully saturated rings. The van der Waals surface area contributed by atoms with Gasteiger partial charge in [0.1, 0.15) is 18.2 Å². The van der Waals surface area contributed by atoms with Crippen molar-refractivity contribution in [2.45, 2.75) is 0 Å². The molecule has 1 aromatic carbocycles. The molecular weight excluding hydrogens is 368 g/mol. The molecule has 0 unspecified atom stereocenters. The van der Waals surface area contributed by atoms with Gasteiger partial charge < -0.3 is 20.1 Å². The Morgan fingerprint density at radius 2 is 2.15 bits per heavy atom. The highest BCUT2D eigenvalue weighted by Gasteiger charge is 2.17. The number of rotatable bonds is 6. The second kappa shape index (κ2) is 9.46. The first kappa shape index (κ1) is 20.1. The fraction of sp³-hybridized carbons (Fsp3) is 0.375. The summed E-state index contributed by atoms with van der Waals surface area (Å²) in [7, 11) is 0. The zero-order valence-electron chi connectivity index (χ0n) is 14.0. The molecule has 1 aromatic heterocycles. The molecule has 10 heteroatoms. The van der Waals surface area contributed by atoms with Gasteiger partial charge in [0.2, 0.25) is 5.95 Å².